The first-order chi connectivity index (χ1) is 41.1. The van der Waals surface area contributed by atoms with Crippen LogP contribution in [0.3, 0.4) is 0 Å². The molecule has 3 N–H and O–H groups in total. The number of carbonyl (C=O) groups excluding carboxylic acids is 4. The van der Waals surface area contributed by atoms with Crippen molar-refractivity contribution in [3.8, 4) is 0 Å². The Balaban J connectivity index is 5.23. The highest BCUT2D eigenvalue weighted by molar-refractivity contribution is 7.47. The van der Waals surface area contributed by atoms with E-state index in [2.05, 4.69) is 55.4 Å². The van der Waals surface area contributed by atoms with E-state index in [4.69, 9.17) is 37.0 Å². The van der Waals surface area contributed by atoms with Gasteiger partial charge in [-0.3, -0.25) is 37.3 Å². The second-order valence-corrected chi connectivity index (χ2v) is 28.8. The molecule has 0 spiro atoms. The highest BCUT2D eigenvalue weighted by atomic mass is 31.2. The first kappa shape index (κ1) is 84.1. The molecule has 0 aliphatic rings. The summed E-state index contributed by atoms with van der Waals surface area (Å²) in [5.74, 6) is 0.785. The van der Waals surface area contributed by atoms with Gasteiger partial charge in [0.2, 0.25) is 0 Å². The molecule has 6 atom stereocenters. The van der Waals surface area contributed by atoms with Crippen molar-refractivity contribution in [3.05, 3.63) is 0 Å². The summed E-state index contributed by atoms with van der Waals surface area (Å²) in [6.07, 6.45) is 37.7. The number of ether oxygens (including phenoxy) is 4. The molecule has 0 aliphatic carbocycles. The molecule has 0 aromatic carbocycles. The molecule has 0 fully saturated rings. The maximum atomic E-state index is 13.0. The maximum Gasteiger partial charge on any atom is 0.472 e. The number of aliphatic hydroxyl groups excluding tert-OH is 1. The van der Waals surface area contributed by atoms with Gasteiger partial charge < -0.3 is 33.8 Å². The van der Waals surface area contributed by atoms with E-state index in [9.17, 15) is 43.2 Å². The number of esters is 4. The third-order valence-electron chi connectivity index (χ3n) is 15.7. The van der Waals surface area contributed by atoms with Gasteiger partial charge in [0, 0.05) is 25.7 Å². The topological polar surface area (TPSA) is 237 Å². The molecule has 19 heteroatoms. The van der Waals surface area contributed by atoms with E-state index in [0.717, 1.165) is 114 Å². The van der Waals surface area contributed by atoms with Crippen LogP contribution < -0.4 is 0 Å². The fourth-order valence-corrected chi connectivity index (χ4v) is 11.5. The molecule has 0 aromatic heterocycles. The number of hydrogen-bond acceptors (Lipinski definition) is 15. The lowest BCUT2D eigenvalue weighted by atomic mass is 10.00. The standard InChI is InChI=1S/C67H130O17P2/c1-9-60(8)46-38-30-24-26-32-40-48-65(70)78-54-62(83-66(71)49-41-33-22-18-14-13-16-20-28-36-44-58(4)5)55-81-85(73,74)79-51-61(68)52-80-86(75,76)82-56-63(84-67(72)50-42-34-25-23-29-37-45-59(6)7)53-77-64(69)47-39-31-21-17-12-10-11-15-19-27-35-43-57(2)3/h57-63,68H,9-56H2,1-8H3,(H,73,74)(H,75,76)/t60?,61-,62+,63+/m0/s1. The Hall–Kier alpha value is -1.94. The first-order valence-electron chi connectivity index (χ1n) is 34.7. The van der Waals surface area contributed by atoms with Gasteiger partial charge in [0.05, 0.1) is 26.4 Å². The lowest BCUT2D eigenvalue weighted by Crippen LogP contribution is -2.30. The van der Waals surface area contributed by atoms with Crippen LogP contribution >= 0.6 is 15.6 Å². The molecular weight excluding hydrogens is 1140 g/mol. The normalized spacial score (nSPS) is 14.7. The summed E-state index contributed by atoms with van der Waals surface area (Å²) in [5.41, 5.74) is 0. The summed E-state index contributed by atoms with van der Waals surface area (Å²) in [7, 11) is -9.90. The smallest absolute Gasteiger partial charge is 0.462 e. The van der Waals surface area contributed by atoms with Gasteiger partial charge in [-0.25, -0.2) is 9.13 Å². The molecule has 17 nitrogen and oxygen atoms in total. The van der Waals surface area contributed by atoms with E-state index >= 15 is 0 Å². The molecule has 86 heavy (non-hydrogen) atoms. The Morgan fingerprint density at radius 3 is 0.826 bits per heavy atom. The highest BCUT2D eigenvalue weighted by Crippen LogP contribution is 2.45. The Morgan fingerprint density at radius 1 is 0.326 bits per heavy atom. The van der Waals surface area contributed by atoms with E-state index in [1.807, 2.05) is 0 Å². The summed E-state index contributed by atoms with van der Waals surface area (Å²) < 4.78 is 68.1. The van der Waals surface area contributed by atoms with Gasteiger partial charge in [0.25, 0.3) is 0 Å². The number of unbranched alkanes of at least 4 members (excludes halogenated alkanes) is 29. The van der Waals surface area contributed by atoms with Crippen molar-refractivity contribution in [2.24, 2.45) is 23.7 Å². The molecule has 0 bridgehead atoms. The van der Waals surface area contributed by atoms with E-state index in [0.29, 0.717) is 31.6 Å². The SMILES string of the molecule is CCC(C)CCCCCCCCC(=O)OC[C@H](COP(=O)(O)OC[C@H](O)COP(=O)(O)OC[C@@H](COC(=O)CCCCCCCCCCCCCC(C)C)OC(=O)CCCCCCCCC(C)C)OC(=O)CCCCCCCCCCCCC(C)C. The van der Waals surface area contributed by atoms with Crippen LogP contribution in [0.5, 0.6) is 0 Å². The molecule has 510 valence electrons. The summed E-state index contributed by atoms with van der Waals surface area (Å²) in [4.78, 5) is 72.3. The van der Waals surface area contributed by atoms with Crippen LogP contribution in [0, 0.1) is 23.7 Å². The number of phosphoric ester groups is 2. The molecule has 3 unspecified atom stereocenters. The van der Waals surface area contributed by atoms with Gasteiger partial charge in [-0.05, 0) is 49.4 Å². The molecule has 0 aliphatic heterocycles. The van der Waals surface area contributed by atoms with Crippen molar-refractivity contribution < 1.29 is 80.2 Å². The molecule has 0 saturated carbocycles. The monoisotopic (exact) mass is 1270 g/mol. The fourth-order valence-electron chi connectivity index (χ4n) is 9.93. The predicted octanol–water partition coefficient (Wildman–Crippen LogP) is 18.5. The van der Waals surface area contributed by atoms with Crippen molar-refractivity contribution in [3.63, 3.8) is 0 Å². The number of hydrogen-bond donors (Lipinski definition) is 3. The van der Waals surface area contributed by atoms with Gasteiger partial charge in [-0.15, -0.1) is 0 Å². The van der Waals surface area contributed by atoms with E-state index in [1.165, 1.54) is 122 Å². The molecular formula is C67H130O17P2. The quantitative estimate of drug-likeness (QED) is 0.0222. The highest BCUT2D eigenvalue weighted by Gasteiger charge is 2.30. The minimum Gasteiger partial charge on any atom is -0.462 e. The summed E-state index contributed by atoms with van der Waals surface area (Å²) in [6, 6.07) is 0. The lowest BCUT2D eigenvalue weighted by Gasteiger charge is -2.21. The molecule has 0 heterocycles. The average Bonchev–Trinajstić information content (AvgIpc) is 3.65. The zero-order chi connectivity index (χ0) is 63.9. The molecule has 0 aromatic rings. The van der Waals surface area contributed by atoms with Crippen molar-refractivity contribution in [1.29, 1.82) is 0 Å². The maximum absolute atomic E-state index is 13.0. The fraction of sp³-hybridized carbons (Fsp3) is 0.940. The van der Waals surface area contributed by atoms with Crippen LogP contribution in [0.4, 0.5) is 0 Å². The van der Waals surface area contributed by atoms with Crippen LogP contribution in [-0.4, -0.2) is 96.7 Å². The molecule has 0 radical (unpaired) electrons. The summed E-state index contributed by atoms with van der Waals surface area (Å²) >= 11 is 0. The van der Waals surface area contributed by atoms with Gasteiger partial charge >= 0.3 is 39.5 Å². The number of rotatable bonds is 64. The lowest BCUT2D eigenvalue weighted by molar-refractivity contribution is -0.161. The Kier molecular flexibility index (Phi) is 55.7. The number of phosphoric acid groups is 2. The van der Waals surface area contributed by atoms with Gasteiger partial charge in [0.15, 0.2) is 12.2 Å². The number of aliphatic hydroxyl groups is 1. The second kappa shape index (κ2) is 57.0. The van der Waals surface area contributed by atoms with E-state index in [1.54, 1.807) is 0 Å². The average molecular weight is 1270 g/mol. The van der Waals surface area contributed by atoms with Crippen LogP contribution in [0.25, 0.3) is 0 Å². The van der Waals surface area contributed by atoms with Crippen molar-refractivity contribution in [1.82, 2.24) is 0 Å². The zero-order valence-electron chi connectivity index (χ0n) is 55.9. The third kappa shape index (κ3) is 59.7. The zero-order valence-corrected chi connectivity index (χ0v) is 57.7. The first-order valence-corrected chi connectivity index (χ1v) is 37.7. The Morgan fingerprint density at radius 2 is 0.558 bits per heavy atom. The summed E-state index contributed by atoms with van der Waals surface area (Å²) in [6.45, 7) is 14.0. The largest absolute Gasteiger partial charge is 0.472 e. The Labute approximate surface area is 524 Å². The Bertz CT molecular complexity index is 1720. The molecule has 0 amide bonds. The van der Waals surface area contributed by atoms with E-state index < -0.39 is 97.5 Å². The van der Waals surface area contributed by atoms with Crippen LogP contribution in [0.2, 0.25) is 0 Å². The summed E-state index contributed by atoms with van der Waals surface area (Å²) in [5, 5.41) is 10.6. The van der Waals surface area contributed by atoms with Crippen LogP contribution in [0.1, 0.15) is 325 Å². The predicted molar refractivity (Wildman–Crippen MR) is 344 cm³/mol. The minimum atomic E-state index is -4.95. The van der Waals surface area contributed by atoms with Crippen molar-refractivity contribution in [2.75, 3.05) is 39.6 Å². The van der Waals surface area contributed by atoms with Gasteiger partial charge in [-0.2, -0.15) is 0 Å². The minimum absolute atomic E-state index is 0.101. The van der Waals surface area contributed by atoms with Gasteiger partial charge in [-0.1, -0.05) is 274 Å². The van der Waals surface area contributed by atoms with Crippen LogP contribution in [-0.2, 0) is 65.4 Å². The second-order valence-electron chi connectivity index (χ2n) is 25.9. The third-order valence-corrected chi connectivity index (χ3v) is 17.6. The van der Waals surface area contributed by atoms with E-state index in [-0.39, 0.29) is 25.7 Å². The van der Waals surface area contributed by atoms with Crippen molar-refractivity contribution in [2.45, 2.75) is 343 Å². The van der Waals surface area contributed by atoms with Crippen LogP contribution in [0.15, 0.2) is 0 Å². The van der Waals surface area contributed by atoms with Crippen molar-refractivity contribution >= 4 is 39.5 Å². The molecule has 0 saturated heterocycles. The molecule has 0 rings (SSSR count). The number of carbonyl (C=O) groups is 4. The van der Waals surface area contributed by atoms with Gasteiger partial charge in [0.1, 0.15) is 19.3 Å².